The molecule has 10 heteroatoms. The summed E-state index contributed by atoms with van der Waals surface area (Å²) in [7, 11) is -4.38. The van der Waals surface area contributed by atoms with Gasteiger partial charge in [0.1, 0.15) is 0 Å². The van der Waals surface area contributed by atoms with Gasteiger partial charge in [0.2, 0.25) is 10.0 Å². The van der Waals surface area contributed by atoms with Crippen LogP contribution in [0.25, 0.3) is 0 Å². The molecule has 0 radical (unpaired) electrons. The van der Waals surface area contributed by atoms with Crippen LogP contribution in [0, 0.1) is 6.92 Å². The third-order valence-corrected chi connectivity index (χ3v) is 5.36. The van der Waals surface area contributed by atoms with Crippen molar-refractivity contribution in [2.45, 2.75) is 30.7 Å². The van der Waals surface area contributed by atoms with E-state index >= 15 is 0 Å². The van der Waals surface area contributed by atoms with Crippen LogP contribution >= 0.6 is 15.9 Å². The Labute approximate surface area is 127 Å². The molecule has 120 valence electrons. The molecule has 4 nitrogen and oxygen atoms in total. The maximum atomic E-state index is 12.8. The number of hydrogen-bond acceptors (Lipinski definition) is 3. The third-order valence-electron chi connectivity index (χ3n) is 2.62. The number of alkyl halides is 4. The van der Waals surface area contributed by atoms with Gasteiger partial charge in [-0.1, -0.05) is 6.07 Å². The zero-order chi connectivity index (χ0) is 16.4. The lowest BCUT2D eigenvalue weighted by atomic mass is 10.1. The molecular formula is C11H13BrF4N2O2S. The molecule has 21 heavy (non-hydrogen) atoms. The largest absolute Gasteiger partial charge is 0.326 e. The second kappa shape index (κ2) is 6.59. The average Bonchev–Trinajstić information content (AvgIpc) is 2.39. The van der Waals surface area contributed by atoms with Gasteiger partial charge in [0, 0.05) is 11.0 Å². The topological polar surface area (TPSA) is 72.2 Å². The van der Waals surface area contributed by atoms with Crippen LogP contribution in [0.2, 0.25) is 0 Å². The lowest BCUT2D eigenvalue weighted by Crippen LogP contribution is -2.41. The van der Waals surface area contributed by atoms with Gasteiger partial charge in [0.25, 0.3) is 0 Å². The van der Waals surface area contributed by atoms with Gasteiger partial charge < -0.3 is 5.73 Å². The number of rotatable bonds is 6. The van der Waals surface area contributed by atoms with Crippen LogP contribution < -0.4 is 10.5 Å². The predicted molar refractivity (Wildman–Crippen MR) is 72.9 cm³/mol. The number of nitrogens with two attached hydrogens (primary N) is 1. The third kappa shape index (κ3) is 4.38. The molecule has 0 fully saturated rings. The summed E-state index contributed by atoms with van der Waals surface area (Å²) in [6.07, 6.45) is -3.96. The van der Waals surface area contributed by atoms with Crippen molar-refractivity contribution in [2.75, 3.05) is 6.54 Å². The first-order valence-electron chi connectivity index (χ1n) is 5.66. The highest BCUT2D eigenvalue weighted by atomic mass is 79.9. The summed E-state index contributed by atoms with van der Waals surface area (Å²) in [6, 6.07) is 2.82. The first-order chi connectivity index (χ1) is 9.51. The first-order valence-corrected chi connectivity index (χ1v) is 7.93. The summed E-state index contributed by atoms with van der Waals surface area (Å²) in [5, 5.41) is 0. The quantitative estimate of drug-likeness (QED) is 0.730. The molecule has 0 bridgehead atoms. The van der Waals surface area contributed by atoms with Gasteiger partial charge in [0.05, 0.1) is 11.4 Å². The second-order valence-corrected chi connectivity index (χ2v) is 6.84. The van der Waals surface area contributed by atoms with Gasteiger partial charge in [-0.2, -0.15) is 8.78 Å². The molecule has 0 aliphatic carbocycles. The van der Waals surface area contributed by atoms with E-state index in [1.165, 1.54) is 10.8 Å². The molecule has 0 amide bonds. The van der Waals surface area contributed by atoms with E-state index in [1.807, 2.05) is 0 Å². The lowest BCUT2D eigenvalue weighted by molar-refractivity contribution is -0.122. The van der Waals surface area contributed by atoms with E-state index in [0.29, 0.717) is 11.1 Å². The molecule has 1 rings (SSSR count). The fourth-order valence-electron chi connectivity index (χ4n) is 1.47. The monoisotopic (exact) mass is 392 g/mol. The van der Waals surface area contributed by atoms with E-state index in [1.54, 1.807) is 13.0 Å². The SMILES string of the molecule is Cc1cc(CN)cc(S(=O)(=O)NCC(F)(F)C(F)F)c1Br. The lowest BCUT2D eigenvalue weighted by Gasteiger charge is -2.17. The van der Waals surface area contributed by atoms with E-state index in [2.05, 4.69) is 15.9 Å². The van der Waals surface area contributed by atoms with E-state index in [0.717, 1.165) is 0 Å². The fourth-order valence-corrected chi connectivity index (χ4v) is 3.58. The molecule has 0 spiro atoms. The van der Waals surface area contributed by atoms with Crippen LogP contribution in [0.15, 0.2) is 21.5 Å². The highest BCUT2D eigenvalue weighted by Gasteiger charge is 2.41. The van der Waals surface area contributed by atoms with Gasteiger partial charge in [0.15, 0.2) is 0 Å². The number of benzene rings is 1. The van der Waals surface area contributed by atoms with Crippen molar-refractivity contribution >= 4 is 26.0 Å². The predicted octanol–water partition coefficient (Wildman–Crippen LogP) is 2.39. The molecule has 0 aromatic heterocycles. The van der Waals surface area contributed by atoms with Crippen molar-refractivity contribution < 1.29 is 26.0 Å². The summed E-state index contributed by atoms with van der Waals surface area (Å²) < 4.78 is 75.3. The summed E-state index contributed by atoms with van der Waals surface area (Å²) in [4.78, 5) is -0.326. The smallest absolute Gasteiger partial charge is 0.320 e. The molecule has 0 saturated heterocycles. The Morgan fingerprint density at radius 2 is 1.95 bits per heavy atom. The first kappa shape index (κ1) is 18.3. The summed E-state index contributed by atoms with van der Waals surface area (Å²) in [6.45, 7) is -0.0504. The van der Waals surface area contributed by atoms with Crippen molar-refractivity contribution in [1.29, 1.82) is 0 Å². The molecular weight excluding hydrogens is 380 g/mol. The van der Waals surface area contributed by atoms with E-state index in [9.17, 15) is 26.0 Å². The van der Waals surface area contributed by atoms with Crippen molar-refractivity contribution in [3.8, 4) is 0 Å². The maximum absolute atomic E-state index is 12.8. The minimum Gasteiger partial charge on any atom is -0.326 e. The molecule has 0 heterocycles. The molecule has 0 unspecified atom stereocenters. The molecule has 1 aromatic rings. The molecule has 1 aromatic carbocycles. The Hall–Kier alpha value is -0.710. The van der Waals surface area contributed by atoms with Crippen molar-refractivity contribution in [1.82, 2.24) is 4.72 Å². The van der Waals surface area contributed by atoms with Gasteiger partial charge in [-0.05, 0) is 40.0 Å². The minimum atomic E-state index is -4.44. The maximum Gasteiger partial charge on any atom is 0.320 e. The number of sulfonamides is 1. The number of halogens is 5. The van der Waals surface area contributed by atoms with Crippen molar-refractivity contribution in [2.24, 2.45) is 5.73 Å². The summed E-state index contributed by atoms with van der Waals surface area (Å²) in [5.74, 6) is -4.44. The molecule has 0 atom stereocenters. The van der Waals surface area contributed by atoms with Gasteiger partial charge in [-0.15, -0.1) is 0 Å². The Morgan fingerprint density at radius 3 is 2.43 bits per heavy atom. The van der Waals surface area contributed by atoms with E-state index < -0.39 is 28.9 Å². The van der Waals surface area contributed by atoms with Gasteiger partial charge in [-0.3, -0.25) is 0 Å². The number of nitrogens with one attached hydrogen (secondary N) is 1. The van der Waals surface area contributed by atoms with Crippen LogP contribution in [-0.4, -0.2) is 27.3 Å². The number of hydrogen-bond donors (Lipinski definition) is 2. The van der Waals surface area contributed by atoms with E-state index in [4.69, 9.17) is 5.73 Å². The van der Waals surface area contributed by atoms with Crippen LogP contribution in [-0.2, 0) is 16.6 Å². The standard InChI is InChI=1S/C11H13BrF4N2O2S/c1-6-2-7(4-17)3-8(9(6)12)21(19,20)18-5-11(15,16)10(13)14/h2-3,10,18H,4-5,17H2,1H3. The fraction of sp³-hybridized carbons (Fsp3) is 0.455. The van der Waals surface area contributed by atoms with Crippen molar-refractivity contribution in [3.05, 3.63) is 27.7 Å². The van der Waals surface area contributed by atoms with Gasteiger partial charge in [-0.25, -0.2) is 21.9 Å². The molecule has 0 aliphatic rings. The molecule has 0 aliphatic heterocycles. The molecule has 3 N–H and O–H groups in total. The molecule has 0 saturated carbocycles. The van der Waals surface area contributed by atoms with Crippen LogP contribution in [0.5, 0.6) is 0 Å². The van der Waals surface area contributed by atoms with E-state index in [-0.39, 0.29) is 15.9 Å². The van der Waals surface area contributed by atoms with Crippen LogP contribution in [0.4, 0.5) is 17.6 Å². The highest BCUT2D eigenvalue weighted by Crippen LogP contribution is 2.28. The number of aryl methyl sites for hydroxylation is 1. The normalized spacial score (nSPS) is 13.0. The minimum absolute atomic E-state index is 0.0455. The van der Waals surface area contributed by atoms with Crippen LogP contribution in [0.3, 0.4) is 0 Å². The van der Waals surface area contributed by atoms with Gasteiger partial charge >= 0.3 is 12.3 Å². The Kier molecular flexibility index (Phi) is 5.76. The highest BCUT2D eigenvalue weighted by molar-refractivity contribution is 9.10. The summed E-state index contributed by atoms with van der Waals surface area (Å²) in [5.41, 5.74) is 6.41. The average molecular weight is 393 g/mol. The Morgan fingerprint density at radius 1 is 1.38 bits per heavy atom. The summed E-state index contributed by atoms with van der Waals surface area (Å²) >= 11 is 3.03. The zero-order valence-corrected chi connectivity index (χ0v) is 13.2. The Balaban J connectivity index is 3.12. The van der Waals surface area contributed by atoms with Crippen LogP contribution in [0.1, 0.15) is 11.1 Å². The van der Waals surface area contributed by atoms with Crippen molar-refractivity contribution in [3.63, 3.8) is 0 Å². The Bertz CT molecular complexity index is 623. The second-order valence-electron chi connectivity index (χ2n) is 4.32. The zero-order valence-electron chi connectivity index (χ0n) is 10.8.